The Balaban J connectivity index is 2.22. The molecule has 1 aliphatic rings. The number of phenolic OH excluding ortho intramolecular Hbond substituents is 1. The number of nitriles is 1. The molecule has 2 rings (SSSR count). The Labute approximate surface area is 99.3 Å². The lowest BCUT2D eigenvalue weighted by Crippen LogP contribution is -2.53. The highest BCUT2D eigenvalue weighted by Crippen LogP contribution is 2.15. The molecule has 2 N–H and O–H groups in total. The smallest absolute Gasteiger partial charge is 0.255 e. The van der Waals surface area contributed by atoms with Crippen LogP contribution >= 0.6 is 0 Å². The van der Waals surface area contributed by atoms with Gasteiger partial charge in [0.1, 0.15) is 11.8 Å². The summed E-state index contributed by atoms with van der Waals surface area (Å²) in [5, 5.41) is 21.4. The number of carbonyl (C=O) groups excluding carboxylic acids is 1. The Hall–Kier alpha value is -2.06. The van der Waals surface area contributed by atoms with Crippen molar-refractivity contribution >= 4 is 5.91 Å². The Bertz CT molecular complexity index is 467. The molecule has 17 heavy (non-hydrogen) atoms. The Morgan fingerprint density at radius 3 is 3.12 bits per heavy atom. The van der Waals surface area contributed by atoms with E-state index in [4.69, 9.17) is 5.26 Å². The van der Waals surface area contributed by atoms with E-state index in [2.05, 4.69) is 11.4 Å². The molecule has 1 amide bonds. The average molecular weight is 231 g/mol. The van der Waals surface area contributed by atoms with Gasteiger partial charge in [-0.3, -0.25) is 4.79 Å². The SMILES string of the molecule is N#CC1CNCCN1C(=O)c1cccc(O)c1. The van der Waals surface area contributed by atoms with E-state index in [0.717, 1.165) is 0 Å². The van der Waals surface area contributed by atoms with Gasteiger partial charge in [-0.1, -0.05) is 6.07 Å². The number of phenols is 1. The number of carbonyl (C=O) groups is 1. The molecule has 1 fully saturated rings. The van der Waals surface area contributed by atoms with Crippen molar-refractivity contribution in [1.82, 2.24) is 10.2 Å². The van der Waals surface area contributed by atoms with E-state index >= 15 is 0 Å². The summed E-state index contributed by atoms with van der Waals surface area (Å²) in [6, 6.07) is 7.83. The van der Waals surface area contributed by atoms with Crippen LogP contribution in [0.4, 0.5) is 0 Å². The number of nitrogens with zero attached hydrogens (tertiary/aromatic N) is 2. The lowest BCUT2D eigenvalue weighted by atomic mass is 10.1. The first-order chi connectivity index (χ1) is 8.22. The first-order valence-electron chi connectivity index (χ1n) is 5.42. The highest BCUT2D eigenvalue weighted by molar-refractivity contribution is 5.95. The van der Waals surface area contributed by atoms with Gasteiger partial charge in [0.2, 0.25) is 0 Å². The van der Waals surface area contributed by atoms with Gasteiger partial charge >= 0.3 is 0 Å². The fourth-order valence-electron chi connectivity index (χ4n) is 1.87. The van der Waals surface area contributed by atoms with Crippen LogP contribution in [0.25, 0.3) is 0 Å². The molecule has 88 valence electrons. The van der Waals surface area contributed by atoms with Crippen LogP contribution in [0.2, 0.25) is 0 Å². The van der Waals surface area contributed by atoms with Crippen molar-refractivity contribution < 1.29 is 9.90 Å². The Morgan fingerprint density at radius 2 is 2.41 bits per heavy atom. The Morgan fingerprint density at radius 1 is 1.59 bits per heavy atom. The predicted molar refractivity (Wildman–Crippen MR) is 61.4 cm³/mol. The van der Waals surface area contributed by atoms with Crippen LogP contribution in [-0.2, 0) is 0 Å². The van der Waals surface area contributed by atoms with Crippen molar-refractivity contribution in [3.63, 3.8) is 0 Å². The van der Waals surface area contributed by atoms with E-state index in [1.54, 1.807) is 12.1 Å². The molecule has 1 atom stereocenters. The third kappa shape index (κ3) is 2.37. The van der Waals surface area contributed by atoms with E-state index in [1.807, 2.05) is 0 Å². The molecule has 1 saturated heterocycles. The molecule has 1 aromatic carbocycles. The topological polar surface area (TPSA) is 76.4 Å². The second-order valence-electron chi connectivity index (χ2n) is 3.90. The maximum Gasteiger partial charge on any atom is 0.255 e. The minimum absolute atomic E-state index is 0.0551. The summed E-state index contributed by atoms with van der Waals surface area (Å²) in [6.07, 6.45) is 0. The number of amides is 1. The van der Waals surface area contributed by atoms with Gasteiger partial charge in [-0.05, 0) is 18.2 Å². The number of hydrogen-bond donors (Lipinski definition) is 2. The van der Waals surface area contributed by atoms with Crippen molar-refractivity contribution in [2.45, 2.75) is 6.04 Å². The lowest BCUT2D eigenvalue weighted by Gasteiger charge is -2.32. The van der Waals surface area contributed by atoms with E-state index < -0.39 is 6.04 Å². The van der Waals surface area contributed by atoms with E-state index in [9.17, 15) is 9.90 Å². The second kappa shape index (κ2) is 4.85. The lowest BCUT2D eigenvalue weighted by molar-refractivity contribution is 0.0686. The first-order valence-corrected chi connectivity index (χ1v) is 5.42. The number of hydrogen-bond acceptors (Lipinski definition) is 4. The molecule has 0 saturated carbocycles. The van der Waals surface area contributed by atoms with Crippen molar-refractivity contribution in [2.24, 2.45) is 0 Å². The molecule has 1 aromatic rings. The molecule has 0 spiro atoms. The van der Waals surface area contributed by atoms with Crippen LogP contribution < -0.4 is 5.32 Å². The first kappa shape index (κ1) is 11.4. The van der Waals surface area contributed by atoms with Gasteiger partial charge in [-0.2, -0.15) is 5.26 Å². The summed E-state index contributed by atoms with van der Waals surface area (Å²) in [6.45, 7) is 1.68. The monoisotopic (exact) mass is 231 g/mol. The maximum atomic E-state index is 12.2. The number of benzene rings is 1. The highest BCUT2D eigenvalue weighted by atomic mass is 16.3. The van der Waals surface area contributed by atoms with Crippen LogP contribution in [0.1, 0.15) is 10.4 Å². The molecule has 1 heterocycles. The summed E-state index contributed by atoms with van der Waals surface area (Å²) in [5.74, 6) is -0.159. The van der Waals surface area contributed by atoms with Crippen LogP contribution in [0.5, 0.6) is 5.75 Å². The van der Waals surface area contributed by atoms with Crippen molar-refractivity contribution in [2.75, 3.05) is 19.6 Å². The van der Waals surface area contributed by atoms with E-state index in [0.29, 0.717) is 25.2 Å². The zero-order valence-corrected chi connectivity index (χ0v) is 9.26. The summed E-state index contributed by atoms with van der Waals surface area (Å²) < 4.78 is 0. The quantitative estimate of drug-likeness (QED) is 0.730. The molecule has 0 radical (unpaired) electrons. The fraction of sp³-hybridized carbons (Fsp3) is 0.333. The van der Waals surface area contributed by atoms with E-state index in [1.165, 1.54) is 17.0 Å². The van der Waals surface area contributed by atoms with Crippen LogP contribution in [0, 0.1) is 11.3 Å². The third-order valence-corrected chi connectivity index (χ3v) is 2.75. The van der Waals surface area contributed by atoms with Crippen LogP contribution in [0.15, 0.2) is 24.3 Å². The fourth-order valence-corrected chi connectivity index (χ4v) is 1.87. The summed E-state index contributed by atoms with van der Waals surface area (Å²) >= 11 is 0. The molecule has 5 nitrogen and oxygen atoms in total. The zero-order valence-electron chi connectivity index (χ0n) is 9.26. The number of nitrogens with one attached hydrogen (secondary N) is 1. The van der Waals surface area contributed by atoms with Crippen molar-refractivity contribution in [3.8, 4) is 11.8 Å². The molecular formula is C12H13N3O2. The molecule has 0 bridgehead atoms. The van der Waals surface area contributed by atoms with Gasteiger partial charge in [0.05, 0.1) is 6.07 Å². The largest absolute Gasteiger partial charge is 0.508 e. The standard InChI is InChI=1S/C12H13N3O2/c13-7-10-8-14-4-5-15(10)12(17)9-2-1-3-11(16)6-9/h1-3,6,10,14,16H,4-5,8H2. The minimum Gasteiger partial charge on any atom is -0.508 e. The molecule has 5 heteroatoms. The van der Waals surface area contributed by atoms with Gasteiger partial charge < -0.3 is 15.3 Å². The molecule has 0 aliphatic carbocycles. The molecule has 1 aliphatic heterocycles. The van der Waals surface area contributed by atoms with Gasteiger partial charge in [-0.25, -0.2) is 0 Å². The van der Waals surface area contributed by atoms with Gasteiger partial charge in [-0.15, -0.1) is 0 Å². The minimum atomic E-state index is -0.446. The zero-order chi connectivity index (χ0) is 12.3. The molecule has 0 aromatic heterocycles. The van der Waals surface area contributed by atoms with Crippen molar-refractivity contribution in [3.05, 3.63) is 29.8 Å². The highest BCUT2D eigenvalue weighted by Gasteiger charge is 2.27. The van der Waals surface area contributed by atoms with Crippen molar-refractivity contribution in [1.29, 1.82) is 5.26 Å². The summed E-state index contributed by atoms with van der Waals surface area (Å²) in [4.78, 5) is 13.7. The predicted octanol–water partition coefficient (Wildman–Crippen LogP) is 0.330. The third-order valence-electron chi connectivity index (χ3n) is 2.75. The number of rotatable bonds is 1. The summed E-state index contributed by atoms with van der Waals surface area (Å²) in [7, 11) is 0. The summed E-state index contributed by atoms with van der Waals surface area (Å²) in [5.41, 5.74) is 0.409. The number of aromatic hydroxyl groups is 1. The van der Waals surface area contributed by atoms with E-state index in [-0.39, 0.29) is 11.7 Å². The second-order valence-corrected chi connectivity index (χ2v) is 3.90. The molecular weight excluding hydrogens is 218 g/mol. The van der Waals surface area contributed by atoms with Gasteiger partial charge in [0.15, 0.2) is 0 Å². The van der Waals surface area contributed by atoms with Crippen LogP contribution in [0.3, 0.4) is 0 Å². The Kier molecular flexibility index (Phi) is 3.26. The van der Waals surface area contributed by atoms with Crippen LogP contribution in [-0.4, -0.2) is 41.6 Å². The molecule has 1 unspecified atom stereocenters. The van der Waals surface area contributed by atoms with Gasteiger partial charge in [0.25, 0.3) is 5.91 Å². The maximum absolute atomic E-state index is 12.2. The van der Waals surface area contributed by atoms with Gasteiger partial charge in [0, 0.05) is 25.2 Å². The number of piperazine rings is 1. The normalized spacial score (nSPS) is 19.7. The average Bonchev–Trinajstić information content (AvgIpc) is 2.38.